The highest BCUT2D eigenvalue weighted by atomic mass is 16.5. The Morgan fingerprint density at radius 1 is 1.04 bits per heavy atom. The molecule has 0 spiro atoms. The molecular formula is C23H29NO3. The van der Waals surface area contributed by atoms with Gasteiger partial charge in [0.1, 0.15) is 11.5 Å². The summed E-state index contributed by atoms with van der Waals surface area (Å²) in [5, 5.41) is 12.3. The average Bonchev–Trinajstić information content (AvgIpc) is 3.18. The van der Waals surface area contributed by atoms with Crippen molar-refractivity contribution in [2.75, 3.05) is 6.54 Å². The SMILES string of the molecule is O=C(CCc1cccc(OC2CCCC2)c1)NCCCc1ccc(O)cc1. The lowest BCUT2D eigenvalue weighted by Gasteiger charge is -2.13. The predicted molar refractivity (Wildman–Crippen MR) is 107 cm³/mol. The molecule has 1 amide bonds. The molecule has 2 aromatic carbocycles. The second kappa shape index (κ2) is 10.0. The highest BCUT2D eigenvalue weighted by Crippen LogP contribution is 2.24. The van der Waals surface area contributed by atoms with Crippen LogP contribution < -0.4 is 10.1 Å². The quantitative estimate of drug-likeness (QED) is 0.646. The van der Waals surface area contributed by atoms with E-state index in [0.29, 0.717) is 19.1 Å². The summed E-state index contributed by atoms with van der Waals surface area (Å²) in [5.41, 5.74) is 2.31. The number of phenolic OH excluding ortho intramolecular Hbond substituents is 1. The van der Waals surface area contributed by atoms with Crippen molar-refractivity contribution in [1.29, 1.82) is 0 Å². The largest absolute Gasteiger partial charge is 0.508 e. The first-order valence-electron chi connectivity index (χ1n) is 9.99. The topological polar surface area (TPSA) is 58.6 Å². The van der Waals surface area contributed by atoms with Gasteiger partial charge in [-0.05, 0) is 80.3 Å². The van der Waals surface area contributed by atoms with Crippen molar-refractivity contribution >= 4 is 5.91 Å². The number of carbonyl (C=O) groups excluding carboxylic acids is 1. The number of amides is 1. The van der Waals surface area contributed by atoms with Gasteiger partial charge >= 0.3 is 0 Å². The monoisotopic (exact) mass is 367 g/mol. The van der Waals surface area contributed by atoms with Crippen LogP contribution >= 0.6 is 0 Å². The van der Waals surface area contributed by atoms with Crippen molar-refractivity contribution in [3.63, 3.8) is 0 Å². The van der Waals surface area contributed by atoms with Gasteiger partial charge in [0.25, 0.3) is 0 Å². The standard InChI is InChI=1S/C23H29NO3/c25-20-13-10-18(11-14-20)6-4-16-24-23(26)15-12-19-5-3-9-22(17-19)27-21-7-1-2-8-21/h3,5,9-11,13-14,17,21,25H,1-2,4,6-8,12,15-16H2,(H,24,26). The van der Waals surface area contributed by atoms with Crippen LogP contribution in [0.5, 0.6) is 11.5 Å². The Hall–Kier alpha value is -2.49. The van der Waals surface area contributed by atoms with E-state index in [0.717, 1.165) is 43.4 Å². The zero-order chi connectivity index (χ0) is 18.9. The second-order valence-corrected chi connectivity index (χ2v) is 7.29. The molecule has 1 saturated carbocycles. The number of carbonyl (C=O) groups is 1. The number of rotatable bonds is 9. The number of nitrogens with one attached hydrogen (secondary N) is 1. The van der Waals surface area contributed by atoms with Gasteiger partial charge in [0.05, 0.1) is 6.10 Å². The number of aryl methyl sites for hydroxylation is 2. The van der Waals surface area contributed by atoms with Gasteiger partial charge in [0, 0.05) is 13.0 Å². The number of ether oxygens (including phenoxy) is 1. The number of benzene rings is 2. The van der Waals surface area contributed by atoms with E-state index in [1.54, 1.807) is 12.1 Å². The molecule has 0 unspecified atom stereocenters. The number of hydrogen-bond acceptors (Lipinski definition) is 3. The summed E-state index contributed by atoms with van der Waals surface area (Å²) in [6.07, 6.45) is 8.18. The molecule has 1 aliphatic carbocycles. The van der Waals surface area contributed by atoms with Crippen LogP contribution in [0.3, 0.4) is 0 Å². The van der Waals surface area contributed by atoms with Crippen LogP contribution in [0.15, 0.2) is 48.5 Å². The normalized spacial score (nSPS) is 14.2. The lowest BCUT2D eigenvalue weighted by Crippen LogP contribution is -2.25. The molecule has 0 aromatic heterocycles. The van der Waals surface area contributed by atoms with Crippen LogP contribution in [0, 0.1) is 0 Å². The van der Waals surface area contributed by atoms with E-state index in [1.807, 2.05) is 24.3 Å². The summed E-state index contributed by atoms with van der Waals surface area (Å²) >= 11 is 0. The van der Waals surface area contributed by atoms with Crippen molar-refractivity contribution in [3.05, 3.63) is 59.7 Å². The third-order valence-corrected chi connectivity index (χ3v) is 5.04. The number of phenols is 1. The zero-order valence-corrected chi connectivity index (χ0v) is 15.8. The number of aromatic hydroxyl groups is 1. The van der Waals surface area contributed by atoms with E-state index in [-0.39, 0.29) is 11.7 Å². The smallest absolute Gasteiger partial charge is 0.220 e. The minimum Gasteiger partial charge on any atom is -0.508 e. The molecule has 0 heterocycles. The van der Waals surface area contributed by atoms with Crippen LogP contribution in [0.4, 0.5) is 0 Å². The maximum atomic E-state index is 12.1. The van der Waals surface area contributed by atoms with Crippen LogP contribution in [0.2, 0.25) is 0 Å². The minimum absolute atomic E-state index is 0.0859. The van der Waals surface area contributed by atoms with Crippen LogP contribution in [-0.4, -0.2) is 23.7 Å². The Bertz CT molecular complexity index is 721. The van der Waals surface area contributed by atoms with E-state index in [9.17, 15) is 9.90 Å². The summed E-state index contributed by atoms with van der Waals surface area (Å²) in [6.45, 7) is 0.671. The number of hydrogen-bond donors (Lipinski definition) is 2. The molecule has 4 nitrogen and oxygen atoms in total. The van der Waals surface area contributed by atoms with Crippen molar-refractivity contribution < 1.29 is 14.6 Å². The minimum atomic E-state index is 0.0859. The third-order valence-electron chi connectivity index (χ3n) is 5.04. The van der Waals surface area contributed by atoms with Gasteiger partial charge in [-0.3, -0.25) is 4.79 Å². The van der Waals surface area contributed by atoms with Crippen molar-refractivity contribution in [2.45, 2.75) is 57.5 Å². The second-order valence-electron chi connectivity index (χ2n) is 7.29. The van der Waals surface area contributed by atoms with Crippen LogP contribution in [0.1, 0.15) is 49.7 Å². The van der Waals surface area contributed by atoms with Gasteiger partial charge < -0.3 is 15.2 Å². The summed E-state index contributed by atoms with van der Waals surface area (Å²) < 4.78 is 6.04. The van der Waals surface area contributed by atoms with E-state index >= 15 is 0 Å². The van der Waals surface area contributed by atoms with Crippen LogP contribution in [-0.2, 0) is 17.6 Å². The molecule has 3 rings (SSSR count). The van der Waals surface area contributed by atoms with Crippen molar-refractivity contribution in [3.8, 4) is 11.5 Å². The van der Waals surface area contributed by atoms with Gasteiger partial charge in [-0.25, -0.2) is 0 Å². The van der Waals surface area contributed by atoms with Gasteiger partial charge in [0.2, 0.25) is 5.91 Å². The van der Waals surface area contributed by atoms with E-state index < -0.39 is 0 Å². The van der Waals surface area contributed by atoms with Gasteiger partial charge in [-0.15, -0.1) is 0 Å². The molecule has 0 saturated heterocycles. The predicted octanol–water partition coefficient (Wildman–Crippen LogP) is 4.40. The highest BCUT2D eigenvalue weighted by molar-refractivity contribution is 5.76. The highest BCUT2D eigenvalue weighted by Gasteiger charge is 2.16. The molecule has 0 atom stereocenters. The fourth-order valence-corrected chi connectivity index (χ4v) is 3.50. The molecule has 1 fully saturated rings. The molecule has 0 aliphatic heterocycles. The molecule has 2 N–H and O–H groups in total. The van der Waals surface area contributed by atoms with E-state index in [4.69, 9.17) is 4.74 Å². The molecular weight excluding hydrogens is 338 g/mol. The Kier molecular flexibility index (Phi) is 7.14. The van der Waals surface area contributed by atoms with Gasteiger partial charge in [-0.1, -0.05) is 24.3 Å². The molecule has 0 bridgehead atoms. The maximum absolute atomic E-state index is 12.1. The van der Waals surface area contributed by atoms with Gasteiger partial charge in [0.15, 0.2) is 0 Å². The van der Waals surface area contributed by atoms with Crippen molar-refractivity contribution in [1.82, 2.24) is 5.32 Å². The Balaban J connectivity index is 1.34. The molecule has 2 aromatic rings. The first-order chi connectivity index (χ1) is 13.2. The Morgan fingerprint density at radius 2 is 1.81 bits per heavy atom. The van der Waals surface area contributed by atoms with Crippen LogP contribution in [0.25, 0.3) is 0 Å². The lowest BCUT2D eigenvalue weighted by molar-refractivity contribution is -0.121. The first kappa shape index (κ1) is 19.3. The zero-order valence-electron chi connectivity index (χ0n) is 15.8. The summed E-state index contributed by atoms with van der Waals surface area (Å²) in [5.74, 6) is 1.29. The summed E-state index contributed by atoms with van der Waals surface area (Å²) in [6, 6.07) is 15.4. The molecule has 27 heavy (non-hydrogen) atoms. The molecule has 4 heteroatoms. The van der Waals surface area contributed by atoms with E-state index in [1.165, 1.54) is 18.4 Å². The van der Waals surface area contributed by atoms with Crippen molar-refractivity contribution in [2.24, 2.45) is 0 Å². The maximum Gasteiger partial charge on any atom is 0.220 e. The Labute approximate surface area is 161 Å². The molecule has 0 radical (unpaired) electrons. The fraction of sp³-hybridized carbons (Fsp3) is 0.435. The van der Waals surface area contributed by atoms with Gasteiger partial charge in [-0.2, -0.15) is 0 Å². The molecule has 1 aliphatic rings. The lowest BCUT2D eigenvalue weighted by atomic mass is 10.1. The summed E-state index contributed by atoms with van der Waals surface area (Å²) in [4.78, 5) is 12.1. The molecule has 144 valence electrons. The third kappa shape index (κ3) is 6.63. The summed E-state index contributed by atoms with van der Waals surface area (Å²) in [7, 11) is 0. The van der Waals surface area contributed by atoms with E-state index in [2.05, 4.69) is 17.4 Å². The first-order valence-corrected chi connectivity index (χ1v) is 9.99. The average molecular weight is 367 g/mol. The fourth-order valence-electron chi connectivity index (χ4n) is 3.50. The Morgan fingerprint density at radius 3 is 2.59 bits per heavy atom.